The Morgan fingerprint density at radius 1 is 1.33 bits per heavy atom. The summed E-state index contributed by atoms with van der Waals surface area (Å²) >= 11 is 0. The highest BCUT2D eigenvalue weighted by molar-refractivity contribution is 5.29. The first-order valence-electron chi connectivity index (χ1n) is 5.87. The fourth-order valence-electron chi connectivity index (χ4n) is 1.70. The van der Waals surface area contributed by atoms with E-state index in [0.717, 1.165) is 5.56 Å². The highest BCUT2D eigenvalue weighted by Crippen LogP contribution is 2.16. The summed E-state index contributed by atoms with van der Waals surface area (Å²) in [5.74, 6) is 0.237. The fourth-order valence-corrected chi connectivity index (χ4v) is 1.70. The van der Waals surface area contributed by atoms with E-state index in [4.69, 9.17) is 10.5 Å². The Morgan fingerprint density at radius 3 is 2.94 bits per heavy atom. The smallest absolute Gasteiger partial charge is 0.127 e. The van der Waals surface area contributed by atoms with Crippen LogP contribution in [0.5, 0.6) is 5.75 Å². The minimum absolute atomic E-state index is 0.296. The zero-order chi connectivity index (χ0) is 12.8. The van der Waals surface area contributed by atoms with Gasteiger partial charge in [-0.2, -0.15) is 5.10 Å². The Balaban J connectivity index is 1.92. The molecular weight excluding hydrogens is 233 g/mol. The zero-order valence-corrected chi connectivity index (χ0v) is 10.1. The van der Waals surface area contributed by atoms with Gasteiger partial charge in [-0.05, 0) is 36.7 Å². The predicted molar refractivity (Wildman–Crippen MR) is 66.9 cm³/mol. The average molecular weight is 249 g/mol. The Bertz CT molecular complexity index is 485. The van der Waals surface area contributed by atoms with Crippen molar-refractivity contribution in [1.29, 1.82) is 0 Å². The normalized spacial score (nSPS) is 10.6. The van der Waals surface area contributed by atoms with E-state index in [1.807, 2.05) is 18.3 Å². The Morgan fingerprint density at radius 2 is 2.22 bits per heavy atom. The van der Waals surface area contributed by atoms with E-state index in [-0.39, 0.29) is 5.82 Å². The van der Waals surface area contributed by atoms with Crippen molar-refractivity contribution in [2.45, 2.75) is 13.0 Å². The van der Waals surface area contributed by atoms with Crippen LogP contribution in [0.3, 0.4) is 0 Å². The molecule has 5 heteroatoms. The summed E-state index contributed by atoms with van der Waals surface area (Å²) in [7, 11) is 0. The molecule has 0 aliphatic rings. The number of nitrogens with two attached hydrogens (primary N) is 1. The van der Waals surface area contributed by atoms with E-state index in [1.165, 1.54) is 12.1 Å². The first-order valence-corrected chi connectivity index (χ1v) is 5.87. The minimum Gasteiger partial charge on any atom is -0.492 e. The number of hydrogen-bond donors (Lipinski definition) is 1. The van der Waals surface area contributed by atoms with E-state index < -0.39 is 0 Å². The van der Waals surface area contributed by atoms with Gasteiger partial charge < -0.3 is 10.5 Å². The van der Waals surface area contributed by atoms with Crippen molar-refractivity contribution >= 4 is 0 Å². The van der Waals surface area contributed by atoms with Crippen LogP contribution in [0.25, 0.3) is 0 Å². The maximum Gasteiger partial charge on any atom is 0.127 e. The summed E-state index contributed by atoms with van der Waals surface area (Å²) in [6.45, 7) is 1.58. The maximum absolute atomic E-state index is 13.3. The van der Waals surface area contributed by atoms with Crippen LogP contribution in [0.15, 0.2) is 36.7 Å². The monoisotopic (exact) mass is 249 g/mol. The molecule has 0 aliphatic heterocycles. The predicted octanol–water partition coefficient (Wildman–Crippen LogP) is 1.60. The number of rotatable bonds is 6. The average Bonchev–Trinajstić information content (AvgIpc) is 2.82. The summed E-state index contributed by atoms with van der Waals surface area (Å²) in [5.41, 5.74) is 6.30. The molecule has 0 radical (unpaired) electrons. The van der Waals surface area contributed by atoms with Gasteiger partial charge in [0.1, 0.15) is 18.2 Å². The van der Waals surface area contributed by atoms with E-state index in [0.29, 0.717) is 31.9 Å². The highest BCUT2D eigenvalue weighted by atomic mass is 19.1. The first kappa shape index (κ1) is 12.6. The molecule has 0 fully saturated rings. The lowest BCUT2D eigenvalue weighted by atomic mass is 10.1. The summed E-state index contributed by atoms with van der Waals surface area (Å²) in [6, 6.07) is 6.52. The lowest BCUT2D eigenvalue weighted by Crippen LogP contribution is -2.09. The van der Waals surface area contributed by atoms with Gasteiger partial charge in [0.25, 0.3) is 0 Å². The van der Waals surface area contributed by atoms with E-state index in [1.54, 1.807) is 10.9 Å². The van der Waals surface area contributed by atoms with Crippen LogP contribution < -0.4 is 10.5 Å². The van der Waals surface area contributed by atoms with Gasteiger partial charge >= 0.3 is 0 Å². The summed E-state index contributed by atoms with van der Waals surface area (Å²) in [4.78, 5) is 0. The van der Waals surface area contributed by atoms with Gasteiger partial charge in [-0.25, -0.2) is 4.39 Å². The van der Waals surface area contributed by atoms with Gasteiger partial charge in [-0.1, -0.05) is 0 Å². The van der Waals surface area contributed by atoms with Crippen LogP contribution >= 0.6 is 0 Å². The van der Waals surface area contributed by atoms with Gasteiger partial charge in [-0.15, -0.1) is 0 Å². The van der Waals surface area contributed by atoms with Crippen molar-refractivity contribution < 1.29 is 9.13 Å². The molecule has 2 N–H and O–H groups in total. The summed E-state index contributed by atoms with van der Waals surface area (Å²) < 4.78 is 20.6. The number of benzene rings is 1. The molecule has 96 valence electrons. The van der Waals surface area contributed by atoms with E-state index in [2.05, 4.69) is 5.10 Å². The SMILES string of the molecule is NCCc1cc(F)cc(OCCn2cccn2)c1. The minimum atomic E-state index is -0.296. The second kappa shape index (κ2) is 6.16. The molecule has 0 aliphatic carbocycles. The molecule has 0 atom stereocenters. The topological polar surface area (TPSA) is 53.1 Å². The summed E-state index contributed by atoms with van der Waals surface area (Å²) in [5, 5.41) is 4.06. The van der Waals surface area contributed by atoms with Crippen LogP contribution in [-0.4, -0.2) is 22.9 Å². The van der Waals surface area contributed by atoms with Crippen LogP contribution in [0.1, 0.15) is 5.56 Å². The van der Waals surface area contributed by atoms with Gasteiger partial charge in [0.2, 0.25) is 0 Å². The lowest BCUT2D eigenvalue weighted by molar-refractivity contribution is 0.290. The second-order valence-electron chi connectivity index (χ2n) is 3.95. The quantitative estimate of drug-likeness (QED) is 0.846. The molecule has 18 heavy (non-hydrogen) atoms. The molecule has 0 unspecified atom stereocenters. The standard InChI is InChI=1S/C13H16FN3O/c14-12-8-11(2-3-15)9-13(10-12)18-7-6-17-5-1-4-16-17/h1,4-5,8-10H,2-3,6-7,15H2. The second-order valence-corrected chi connectivity index (χ2v) is 3.95. The number of halogens is 1. The van der Waals surface area contributed by atoms with Crippen LogP contribution in [-0.2, 0) is 13.0 Å². The molecule has 2 rings (SSSR count). The molecule has 2 aromatic rings. The fraction of sp³-hybridized carbons (Fsp3) is 0.308. The highest BCUT2D eigenvalue weighted by Gasteiger charge is 2.02. The molecular formula is C13H16FN3O. The molecule has 4 nitrogen and oxygen atoms in total. The van der Waals surface area contributed by atoms with Crippen molar-refractivity contribution in [2.24, 2.45) is 5.73 Å². The number of nitrogens with zero attached hydrogens (tertiary/aromatic N) is 2. The van der Waals surface area contributed by atoms with Gasteiger partial charge in [-0.3, -0.25) is 4.68 Å². The number of ether oxygens (including phenoxy) is 1. The lowest BCUT2D eigenvalue weighted by Gasteiger charge is -2.08. The molecule has 0 spiro atoms. The molecule has 1 aromatic heterocycles. The maximum atomic E-state index is 13.3. The van der Waals surface area contributed by atoms with Crippen LogP contribution in [0.4, 0.5) is 4.39 Å². The van der Waals surface area contributed by atoms with Crippen LogP contribution in [0.2, 0.25) is 0 Å². The molecule has 1 heterocycles. The molecule has 1 aromatic carbocycles. The van der Waals surface area contributed by atoms with Crippen LogP contribution in [0, 0.1) is 5.82 Å². The third kappa shape index (κ3) is 3.56. The molecule has 0 bridgehead atoms. The largest absolute Gasteiger partial charge is 0.492 e. The van der Waals surface area contributed by atoms with E-state index in [9.17, 15) is 4.39 Å². The molecule has 0 saturated heterocycles. The Labute approximate surface area is 105 Å². The number of aromatic nitrogens is 2. The number of hydrogen-bond acceptors (Lipinski definition) is 3. The third-order valence-electron chi connectivity index (χ3n) is 2.51. The van der Waals surface area contributed by atoms with Crippen molar-refractivity contribution in [3.63, 3.8) is 0 Å². The zero-order valence-electron chi connectivity index (χ0n) is 10.1. The van der Waals surface area contributed by atoms with Crippen molar-refractivity contribution in [3.8, 4) is 5.75 Å². The Kier molecular flexibility index (Phi) is 4.30. The Hall–Kier alpha value is -1.88. The molecule has 0 saturated carbocycles. The first-order chi connectivity index (χ1) is 8.78. The van der Waals surface area contributed by atoms with Gasteiger partial charge in [0.15, 0.2) is 0 Å². The van der Waals surface area contributed by atoms with Crippen molar-refractivity contribution in [2.75, 3.05) is 13.2 Å². The van der Waals surface area contributed by atoms with Crippen molar-refractivity contribution in [1.82, 2.24) is 9.78 Å². The van der Waals surface area contributed by atoms with Gasteiger partial charge in [0, 0.05) is 18.5 Å². The van der Waals surface area contributed by atoms with Gasteiger partial charge in [0.05, 0.1) is 6.54 Å². The van der Waals surface area contributed by atoms with E-state index >= 15 is 0 Å². The third-order valence-corrected chi connectivity index (χ3v) is 2.51. The van der Waals surface area contributed by atoms with Crippen molar-refractivity contribution in [3.05, 3.63) is 48.0 Å². The summed E-state index contributed by atoms with van der Waals surface area (Å²) in [6.07, 6.45) is 4.21. The molecule has 0 amide bonds.